The van der Waals surface area contributed by atoms with Crippen LogP contribution in [0.25, 0.3) is 0 Å². The number of rotatable bonds is 1. The molecular weight excluding hydrogens is 216 g/mol. The maximum Gasteiger partial charge on any atom is 0.242 e. The summed E-state index contributed by atoms with van der Waals surface area (Å²) in [5.41, 5.74) is 5.00. The Morgan fingerprint density at radius 1 is 1.53 bits per heavy atom. The number of ether oxygens (including phenoxy) is 1. The summed E-state index contributed by atoms with van der Waals surface area (Å²) >= 11 is 0. The van der Waals surface area contributed by atoms with E-state index in [1.54, 1.807) is 18.7 Å². The number of nitrogens with zero attached hydrogens (tertiary/aromatic N) is 1. The van der Waals surface area contributed by atoms with Crippen molar-refractivity contribution in [3.8, 4) is 0 Å². The minimum atomic E-state index is -0.774. The zero-order valence-electron chi connectivity index (χ0n) is 9.66. The van der Waals surface area contributed by atoms with Crippen LogP contribution in [0.5, 0.6) is 0 Å². The van der Waals surface area contributed by atoms with Crippen molar-refractivity contribution < 1.29 is 9.53 Å². The molecule has 5 heteroatoms. The lowest BCUT2D eigenvalue weighted by atomic mass is 10.1. The highest BCUT2D eigenvalue weighted by Crippen LogP contribution is 2.10. The molecule has 0 aliphatic carbocycles. The van der Waals surface area contributed by atoms with Gasteiger partial charge in [0, 0.05) is 19.7 Å². The third-order valence-corrected chi connectivity index (χ3v) is 2.29. The van der Waals surface area contributed by atoms with Crippen LogP contribution in [0.3, 0.4) is 0 Å². The van der Waals surface area contributed by atoms with Gasteiger partial charge < -0.3 is 15.4 Å². The summed E-state index contributed by atoms with van der Waals surface area (Å²) in [4.78, 5) is 13.7. The fourth-order valence-corrected chi connectivity index (χ4v) is 1.59. The zero-order valence-corrected chi connectivity index (χ0v) is 10.5. The normalized spacial score (nSPS) is 22.9. The number of carbonyl (C=O) groups excluding carboxylic acids is 1. The molecule has 1 saturated heterocycles. The van der Waals surface area contributed by atoms with Gasteiger partial charge in [0.2, 0.25) is 5.91 Å². The smallest absolute Gasteiger partial charge is 0.242 e. The third-order valence-electron chi connectivity index (χ3n) is 2.29. The van der Waals surface area contributed by atoms with E-state index in [0.29, 0.717) is 6.54 Å². The van der Waals surface area contributed by atoms with Gasteiger partial charge in [0.1, 0.15) is 0 Å². The topological polar surface area (TPSA) is 55.6 Å². The van der Waals surface area contributed by atoms with Crippen LogP contribution in [0.1, 0.15) is 27.2 Å². The average Bonchev–Trinajstić information content (AvgIpc) is 2.26. The molecule has 1 heterocycles. The maximum atomic E-state index is 11.9. The summed E-state index contributed by atoms with van der Waals surface area (Å²) in [5.74, 6) is 0.00912. The first-order valence-corrected chi connectivity index (χ1v) is 5.11. The Kier molecular flexibility index (Phi) is 5.56. The number of halogens is 1. The molecule has 4 nitrogen and oxygen atoms in total. The highest BCUT2D eigenvalue weighted by Gasteiger charge is 2.29. The highest BCUT2D eigenvalue weighted by molar-refractivity contribution is 5.85. The van der Waals surface area contributed by atoms with Crippen LogP contribution in [0.15, 0.2) is 0 Å². The average molecular weight is 237 g/mol. The van der Waals surface area contributed by atoms with Gasteiger partial charge in [0.05, 0.1) is 11.6 Å². The number of carbonyl (C=O) groups is 1. The Hall–Kier alpha value is -0.320. The summed E-state index contributed by atoms with van der Waals surface area (Å²) in [5, 5.41) is 0. The molecule has 1 fully saturated rings. The summed E-state index contributed by atoms with van der Waals surface area (Å²) in [6.45, 7) is 7.60. The fourth-order valence-electron chi connectivity index (χ4n) is 1.59. The zero-order chi connectivity index (χ0) is 10.8. The molecule has 0 aromatic carbocycles. The van der Waals surface area contributed by atoms with Gasteiger partial charge in [0.15, 0.2) is 0 Å². The lowest BCUT2D eigenvalue weighted by molar-refractivity contribution is -0.136. The first-order valence-electron chi connectivity index (χ1n) is 5.11. The second kappa shape index (κ2) is 5.68. The molecule has 0 bridgehead atoms. The van der Waals surface area contributed by atoms with Gasteiger partial charge in [-0.3, -0.25) is 4.79 Å². The van der Waals surface area contributed by atoms with Gasteiger partial charge in [0.25, 0.3) is 0 Å². The van der Waals surface area contributed by atoms with E-state index in [0.717, 1.165) is 19.6 Å². The first kappa shape index (κ1) is 14.7. The Morgan fingerprint density at radius 3 is 2.67 bits per heavy atom. The number of hydrogen-bond acceptors (Lipinski definition) is 3. The SMILES string of the molecule is CC1CN(C(=O)C(C)(C)N)CCCO1.Cl. The van der Waals surface area contributed by atoms with Gasteiger partial charge in [-0.25, -0.2) is 0 Å². The van der Waals surface area contributed by atoms with Crippen molar-refractivity contribution >= 4 is 18.3 Å². The molecule has 0 spiro atoms. The molecule has 1 aliphatic heterocycles. The molecule has 0 aromatic rings. The van der Waals surface area contributed by atoms with Crippen LogP contribution in [-0.2, 0) is 9.53 Å². The van der Waals surface area contributed by atoms with Gasteiger partial charge in [-0.2, -0.15) is 0 Å². The molecule has 0 saturated carbocycles. The van der Waals surface area contributed by atoms with E-state index in [4.69, 9.17) is 10.5 Å². The third kappa shape index (κ3) is 4.36. The summed E-state index contributed by atoms with van der Waals surface area (Å²) in [6, 6.07) is 0. The van der Waals surface area contributed by atoms with Crippen molar-refractivity contribution in [2.45, 2.75) is 38.8 Å². The Morgan fingerprint density at radius 2 is 2.13 bits per heavy atom. The Balaban J connectivity index is 0.00000196. The van der Waals surface area contributed by atoms with Gasteiger partial charge in [-0.1, -0.05) is 0 Å². The molecule has 0 aromatic heterocycles. The molecule has 1 amide bonds. The molecule has 1 unspecified atom stereocenters. The minimum Gasteiger partial charge on any atom is -0.377 e. The summed E-state index contributed by atoms with van der Waals surface area (Å²) < 4.78 is 5.46. The second-order valence-corrected chi connectivity index (χ2v) is 4.51. The maximum absolute atomic E-state index is 11.9. The lowest BCUT2D eigenvalue weighted by Crippen LogP contribution is -2.52. The first-order chi connectivity index (χ1) is 6.41. The highest BCUT2D eigenvalue weighted by atomic mass is 35.5. The van der Waals surface area contributed by atoms with Gasteiger partial charge in [-0.05, 0) is 27.2 Å². The summed E-state index contributed by atoms with van der Waals surface area (Å²) in [7, 11) is 0. The van der Waals surface area contributed by atoms with Crippen molar-refractivity contribution in [2.75, 3.05) is 19.7 Å². The van der Waals surface area contributed by atoms with Crippen LogP contribution >= 0.6 is 12.4 Å². The molecular formula is C10H21ClN2O2. The van der Waals surface area contributed by atoms with E-state index >= 15 is 0 Å². The van der Waals surface area contributed by atoms with E-state index in [2.05, 4.69) is 0 Å². The number of hydrogen-bond donors (Lipinski definition) is 1. The molecule has 1 rings (SSSR count). The van der Waals surface area contributed by atoms with Crippen LogP contribution < -0.4 is 5.73 Å². The van der Waals surface area contributed by atoms with Crippen molar-refractivity contribution in [2.24, 2.45) is 5.73 Å². The van der Waals surface area contributed by atoms with Crippen LogP contribution in [0.4, 0.5) is 0 Å². The van der Waals surface area contributed by atoms with Gasteiger partial charge in [-0.15, -0.1) is 12.4 Å². The monoisotopic (exact) mass is 236 g/mol. The predicted octanol–water partition coefficient (Wildman–Crippen LogP) is 0.783. The number of nitrogens with two attached hydrogens (primary N) is 1. The Labute approximate surface area is 97.5 Å². The Bertz CT molecular complexity index is 216. The molecule has 2 N–H and O–H groups in total. The van der Waals surface area contributed by atoms with Crippen LogP contribution in [0.2, 0.25) is 0 Å². The van der Waals surface area contributed by atoms with Crippen molar-refractivity contribution in [1.82, 2.24) is 4.90 Å². The van der Waals surface area contributed by atoms with Crippen molar-refractivity contribution in [3.63, 3.8) is 0 Å². The summed E-state index contributed by atoms with van der Waals surface area (Å²) in [6.07, 6.45) is 1.01. The number of amides is 1. The second-order valence-electron chi connectivity index (χ2n) is 4.51. The molecule has 90 valence electrons. The predicted molar refractivity (Wildman–Crippen MR) is 62.1 cm³/mol. The minimum absolute atomic E-state index is 0. The molecule has 0 radical (unpaired) electrons. The molecule has 1 atom stereocenters. The molecule has 1 aliphatic rings. The van der Waals surface area contributed by atoms with Crippen LogP contribution in [-0.4, -0.2) is 42.1 Å². The van der Waals surface area contributed by atoms with E-state index < -0.39 is 5.54 Å². The van der Waals surface area contributed by atoms with Crippen LogP contribution in [0, 0.1) is 0 Å². The fraction of sp³-hybridized carbons (Fsp3) is 0.900. The quantitative estimate of drug-likeness (QED) is 0.732. The largest absolute Gasteiger partial charge is 0.377 e. The van der Waals surface area contributed by atoms with E-state index in [1.807, 2.05) is 6.92 Å². The van der Waals surface area contributed by atoms with Crippen molar-refractivity contribution in [1.29, 1.82) is 0 Å². The van der Waals surface area contributed by atoms with Crippen molar-refractivity contribution in [3.05, 3.63) is 0 Å². The standard InChI is InChI=1S/C10H20N2O2.ClH/c1-8-7-12(5-4-6-14-8)9(13)10(2,3)11;/h8H,4-7,11H2,1-3H3;1H. The van der Waals surface area contributed by atoms with E-state index in [-0.39, 0.29) is 24.4 Å². The van der Waals surface area contributed by atoms with Gasteiger partial charge >= 0.3 is 0 Å². The molecule has 15 heavy (non-hydrogen) atoms. The lowest BCUT2D eigenvalue weighted by Gasteiger charge is -2.29. The van der Waals surface area contributed by atoms with E-state index in [9.17, 15) is 4.79 Å². The van der Waals surface area contributed by atoms with E-state index in [1.165, 1.54) is 0 Å².